The molecule has 0 aliphatic rings. The van der Waals surface area contributed by atoms with Gasteiger partial charge < -0.3 is 20.8 Å². The maximum Gasteiger partial charge on any atom is 0.235 e. The fraction of sp³-hybridized carbons (Fsp3) is 0.193. The van der Waals surface area contributed by atoms with E-state index >= 15 is 9.59 Å². The molecule has 0 bridgehead atoms. The number of nitrogens with one attached hydrogen (secondary N) is 2. The molecular formula is C57H54N2O4. The average Bonchev–Trinajstić information content (AvgIpc) is 3.30. The van der Waals surface area contributed by atoms with Crippen molar-refractivity contribution < 1.29 is 19.8 Å². The monoisotopic (exact) mass is 830 g/mol. The number of carbonyl (C=O) groups is 2. The Kier molecular flexibility index (Phi) is 12.7. The molecule has 8 aromatic rings. The zero-order chi connectivity index (χ0) is 43.9. The van der Waals surface area contributed by atoms with Crippen LogP contribution in [0.3, 0.4) is 0 Å². The molecular weight excluding hydrogens is 777 g/mol. The van der Waals surface area contributed by atoms with Crippen LogP contribution in [0.15, 0.2) is 206 Å². The number of amides is 2. The Morgan fingerprint density at radius 1 is 0.397 bits per heavy atom. The van der Waals surface area contributed by atoms with E-state index in [-0.39, 0.29) is 25.7 Å². The zero-order valence-corrected chi connectivity index (χ0v) is 35.8. The van der Waals surface area contributed by atoms with Gasteiger partial charge in [-0.1, -0.05) is 206 Å². The molecule has 316 valence electrons. The Bertz CT molecular complexity index is 2510. The number of hydrogen-bond donors (Lipinski definition) is 4. The van der Waals surface area contributed by atoms with Crippen molar-refractivity contribution in [2.45, 2.75) is 62.8 Å². The fourth-order valence-electron chi connectivity index (χ4n) is 9.06. The minimum Gasteiger partial charge on any atom is -0.387 e. The van der Waals surface area contributed by atoms with Crippen LogP contribution < -0.4 is 10.6 Å². The summed E-state index contributed by atoms with van der Waals surface area (Å²) in [6, 6.07) is 65.0. The molecule has 6 heteroatoms. The van der Waals surface area contributed by atoms with E-state index < -0.39 is 40.5 Å². The molecule has 0 heterocycles. The van der Waals surface area contributed by atoms with Crippen molar-refractivity contribution in [3.63, 3.8) is 0 Å². The molecule has 2 unspecified atom stereocenters. The van der Waals surface area contributed by atoms with Crippen LogP contribution in [0.2, 0.25) is 0 Å². The second-order valence-corrected chi connectivity index (χ2v) is 17.4. The van der Waals surface area contributed by atoms with Gasteiger partial charge in [0.1, 0.15) is 5.41 Å². The van der Waals surface area contributed by atoms with E-state index in [0.29, 0.717) is 0 Å². The van der Waals surface area contributed by atoms with Crippen molar-refractivity contribution in [1.82, 2.24) is 10.6 Å². The summed E-state index contributed by atoms with van der Waals surface area (Å²) in [5.41, 5.74) is 0.303. The van der Waals surface area contributed by atoms with Crippen LogP contribution in [0.4, 0.5) is 0 Å². The van der Waals surface area contributed by atoms with Crippen molar-refractivity contribution in [2.24, 2.45) is 5.41 Å². The highest BCUT2D eigenvalue weighted by Crippen LogP contribution is 2.40. The van der Waals surface area contributed by atoms with Gasteiger partial charge in [0.25, 0.3) is 0 Å². The number of rotatable bonds is 16. The van der Waals surface area contributed by atoms with E-state index in [4.69, 9.17) is 0 Å². The van der Waals surface area contributed by atoms with Crippen molar-refractivity contribution in [2.75, 3.05) is 0 Å². The van der Waals surface area contributed by atoms with E-state index in [1.54, 1.807) is 13.8 Å². The van der Waals surface area contributed by atoms with Gasteiger partial charge in [0.2, 0.25) is 11.8 Å². The lowest BCUT2D eigenvalue weighted by Gasteiger charge is -2.41. The Hall–Kier alpha value is -6.86. The van der Waals surface area contributed by atoms with Crippen LogP contribution in [0.5, 0.6) is 0 Å². The molecule has 0 spiro atoms. The van der Waals surface area contributed by atoms with Crippen LogP contribution in [0.25, 0.3) is 21.5 Å². The largest absolute Gasteiger partial charge is 0.387 e. The first-order valence-electron chi connectivity index (χ1n) is 21.7. The molecule has 63 heavy (non-hydrogen) atoms. The van der Waals surface area contributed by atoms with Crippen molar-refractivity contribution >= 4 is 33.4 Å². The first-order chi connectivity index (χ1) is 30.5. The number of fused-ring (bicyclic) bond motifs is 2. The molecule has 0 aromatic heterocycles. The van der Waals surface area contributed by atoms with Crippen LogP contribution in [-0.4, -0.2) is 33.2 Å². The molecule has 4 N–H and O–H groups in total. The first-order valence-corrected chi connectivity index (χ1v) is 21.7. The van der Waals surface area contributed by atoms with E-state index in [9.17, 15) is 10.2 Å². The van der Waals surface area contributed by atoms with Gasteiger partial charge in [-0.25, -0.2) is 0 Å². The zero-order valence-electron chi connectivity index (χ0n) is 35.8. The van der Waals surface area contributed by atoms with Gasteiger partial charge in [-0.15, -0.1) is 0 Å². The van der Waals surface area contributed by atoms with E-state index in [2.05, 4.69) is 10.6 Å². The minimum absolute atomic E-state index is 0.221. The summed E-state index contributed by atoms with van der Waals surface area (Å²) in [7, 11) is 0. The Balaban J connectivity index is 1.21. The molecule has 0 aliphatic heterocycles. The van der Waals surface area contributed by atoms with Crippen molar-refractivity contribution in [3.8, 4) is 0 Å². The number of carbonyl (C=O) groups excluding carboxylic acids is 2. The van der Waals surface area contributed by atoms with Crippen LogP contribution in [0.1, 0.15) is 59.3 Å². The highest BCUT2D eigenvalue weighted by Gasteiger charge is 2.47. The molecule has 8 aromatic carbocycles. The molecule has 2 amide bonds. The lowest BCUT2D eigenvalue weighted by Crippen LogP contribution is -2.57. The quantitative estimate of drug-likeness (QED) is 0.0729. The molecule has 8 rings (SSSR count). The Morgan fingerprint density at radius 2 is 0.667 bits per heavy atom. The van der Waals surface area contributed by atoms with Crippen LogP contribution >= 0.6 is 0 Å². The second kappa shape index (κ2) is 18.6. The molecule has 0 saturated heterocycles. The van der Waals surface area contributed by atoms with E-state index in [1.165, 1.54) is 0 Å². The molecule has 0 saturated carbocycles. The standard InChI is InChI=1S/C57H54N2O4/c1-55(2,53(60)58-51(49-35-19-31-45-29-15-17-33-47(45)49)56(62,37-41-21-7-3-8-22-41)38-42-23-9-4-10-24-42)54(61)59-52(50-36-20-32-46-30-16-18-34-48(46)50)57(63,39-43-25-11-5-12-26-43)40-44-27-13-6-14-28-44/h3-36,51-52,62-63H,37-40H2,1-2H3,(H,58,60)(H,59,61). The summed E-state index contributed by atoms with van der Waals surface area (Å²) >= 11 is 0. The number of hydrogen-bond acceptors (Lipinski definition) is 4. The molecule has 0 fully saturated rings. The van der Waals surface area contributed by atoms with Crippen LogP contribution in [-0.2, 0) is 35.3 Å². The fourth-order valence-corrected chi connectivity index (χ4v) is 9.06. The van der Waals surface area contributed by atoms with Gasteiger partial charge in [0, 0.05) is 25.7 Å². The van der Waals surface area contributed by atoms with E-state index in [0.717, 1.165) is 54.9 Å². The predicted molar refractivity (Wildman–Crippen MR) is 254 cm³/mol. The number of aliphatic hydroxyl groups is 2. The maximum absolute atomic E-state index is 15.2. The third-order valence-electron chi connectivity index (χ3n) is 12.4. The summed E-state index contributed by atoms with van der Waals surface area (Å²) in [5, 5.41) is 36.8. The summed E-state index contributed by atoms with van der Waals surface area (Å²) in [4.78, 5) is 30.4. The molecule has 2 atom stereocenters. The minimum atomic E-state index is -1.69. The summed E-state index contributed by atoms with van der Waals surface area (Å²) in [6.45, 7) is 3.22. The van der Waals surface area contributed by atoms with Gasteiger partial charge in [-0.3, -0.25) is 9.59 Å². The highest BCUT2D eigenvalue weighted by molar-refractivity contribution is 6.05. The average molecular weight is 831 g/mol. The SMILES string of the molecule is CC(C)(C(=O)NC(c1cccc2ccccc12)C(O)(Cc1ccccc1)Cc1ccccc1)C(=O)NC(c1cccc2ccccc12)C(O)(Cc1ccccc1)Cc1ccccc1. The smallest absolute Gasteiger partial charge is 0.235 e. The summed E-state index contributed by atoms with van der Waals surface area (Å²) < 4.78 is 0. The normalized spacial score (nSPS) is 13.0. The van der Waals surface area contributed by atoms with Crippen molar-refractivity contribution in [1.29, 1.82) is 0 Å². The van der Waals surface area contributed by atoms with Gasteiger partial charge in [-0.05, 0) is 68.8 Å². The summed E-state index contributed by atoms with van der Waals surface area (Å²) in [5.74, 6) is -1.13. The third-order valence-corrected chi connectivity index (χ3v) is 12.4. The molecule has 6 nitrogen and oxygen atoms in total. The summed E-state index contributed by atoms with van der Waals surface area (Å²) in [6.07, 6.45) is 0.884. The Labute approximate surface area is 370 Å². The second-order valence-electron chi connectivity index (χ2n) is 17.4. The van der Waals surface area contributed by atoms with Crippen molar-refractivity contribution in [3.05, 3.63) is 240 Å². The maximum atomic E-state index is 15.2. The highest BCUT2D eigenvalue weighted by atomic mass is 16.3. The van der Waals surface area contributed by atoms with Gasteiger partial charge in [0.15, 0.2) is 0 Å². The lowest BCUT2D eigenvalue weighted by molar-refractivity contribution is -0.145. The predicted octanol–water partition coefficient (Wildman–Crippen LogP) is 10.5. The molecule has 0 radical (unpaired) electrons. The topological polar surface area (TPSA) is 98.7 Å². The van der Waals surface area contributed by atoms with Gasteiger partial charge in [-0.2, -0.15) is 0 Å². The van der Waals surface area contributed by atoms with Gasteiger partial charge >= 0.3 is 0 Å². The van der Waals surface area contributed by atoms with Crippen LogP contribution in [0, 0.1) is 5.41 Å². The van der Waals surface area contributed by atoms with E-state index in [1.807, 2.05) is 206 Å². The molecule has 0 aliphatic carbocycles. The Morgan fingerprint density at radius 3 is 0.984 bits per heavy atom. The van der Waals surface area contributed by atoms with Gasteiger partial charge in [0.05, 0.1) is 23.3 Å². The lowest BCUT2D eigenvalue weighted by atomic mass is 9.76. The number of benzene rings is 8. The third kappa shape index (κ3) is 9.63. The first kappa shape index (κ1) is 42.8.